The van der Waals surface area contributed by atoms with Gasteiger partial charge in [-0.05, 0) is 61.8 Å². The summed E-state index contributed by atoms with van der Waals surface area (Å²) in [6.45, 7) is 1.97. The first-order valence-electron chi connectivity index (χ1n) is 12.0. The number of nitrogens with zero attached hydrogens (tertiary/aromatic N) is 4. The topological polar surface area (TPSA) is 60.7 Å². The van der Waals surface area contributed by atoms with Crippen LogP contribution in [0.5, 0.6) is 0 Å². The van der Waals surface area contributed by atoms with Gasteiger partial charge in [-0.1, -0.05) is 43.2 Å². The lowest BCUT2D eigenvalue weighted by atomic mass is 9.74. The zero-order chi connectivity index (χ0) is 22.6. The van der Waals surface area contributed by atoms with Gasteiger partial charge in [-0.15, -0.1) is 0 Å². The van der Waals surface area contributed by atoms with Crippen molar-refractivity contribution in [2.24, 2.45) is 11.8 Å². The van der Waals surface area contributed by atoms with Gasteiger partial charge in [0.05, 0.1) is 23.6 Å². The SMILES string of the molecule is Cc1cc(-n2ncc3cc(CC(=O)C[C@H]4CCCC[C@@H]4Cc4ccccc4)ncc32)ccn1. The average Bonchev–Trinajstić information content (AvgIpc) is 3.24. The number of carbonyl (C=O) groups is 1. The molecule has 5 rings (SSSR count). The van der Waals surface area contributed by atoms with Crippen molar-refractivity contribution >= 4 is 16.7 Å². The molecule has 33 heavy (non-hydrogen) atoms. The second-order valence-corrected chi connectivity index (χ2v) is 9.36. The van der Waals surface area contributed by atoms with E-state index in [1.807, 2.05) is 42.2 Å². The molecule has 4 aromatic rings. The minimum atomic E-state index is 0.295. The summed E-state index contributed by atoms with van der Waals surface area (Å²) in [5.74, 6) is 1.37. The molecule has 5 heteroatoms. The van der Waals surface area contributed by atoms with E-state index in [4.69, 9.17) is 0 Å². The summed E-state index contributed by atoms with van der Waals surface area (Å²) >= 11 is 0. The van der Waals surface area contributed by atoms with E-state index in [0.29, 0.717) is 30.5 Å². The molecule has 1 saturated carbocycles. The summed E-state index contributed by atoms with van der Waals surface area (Å²) in [5, 5.41) is 5.54. The van der Waals surface area contributed by atoms with Gasteiger partial charge in [-0.2, -0.15) is 5.10 Å². The number of hydrogen-bond acceptors (Lipinski definition) is 4. The predicted molar refractivity (Wildman–Crippen MR) is 130 cm³/mol. The Morgan fingerprint density at radius 2 is 1.82 bits per heavy atom. The summed E-state index contributed by atoms with van der Waals surface area (Å²) in [6, 6.07) is 16.6. The lowest BCUT2D eigenvalue weighted by Crippen LogP contribution is -2.25. The molecule has 1 fully saturated rings. The predicted octanol–water partition coefficient (Wildman–Crippen LogP) is 5.67. The number of Topliss-reactive ketones (excluding diaryl/α,β-unsaturated/α-hetero) is 1. The second kappa shape index (κ2) is 9.65. The number of carbonyl (C=O) groups excluding carboxylic acids is 1. The lowest BCUT2D eigenvalue weighted by Gasteiger charge is -2.31. The van der Waals surface area contributed by atoms with Crippen molar-refractivity contribution in [2.75, 3.05) is 0 Å². The van der Waals surface area contributed by atoms with E-state index in [9.17, 15) is 4.79 Å². The zero-order valence-electron chi connectivity index (χ0n) is 19.2. The Morgan fingerprint density at radius 3 is 2.64 bits per heavy atom. The Labute approximate surface area is 194 Å². The van der Waals surface area contributed by atoms with Gasteiger partial charge in [0.2, 0.25) is 0 Å². The minimum absolute atomic E-state index is 0.295. The molecule has 1 aliphatic rings. The summed E-state index contributed by atoms with van der Waals surface area (Å²) in [5.41, 5.74) is 5.06. The van der Waals surface area contributed by atoms with Crippen molar-refractivity contribution in [1.29, 1.82) is 0 Å². The van der Waals surface area contributed by atoms with Crippen LogP contribution in [0.3, 0.4) is 0 Å². The largest absolute Gasteiger partial charge is 0.299 e. The molecule has 3 aromatic heterocycles. The molecule has 0 saturated heterocycles. The standard InChI is InChI=1S/C28H30N4O/c1-20-13-26(11-12-29-20)32-28-19-30-25(15-24(28)18-31-32)17-27(33)16-23-10-6-5-9-22(23)14-21-7-3-2-4-8-21/h2-4,7-8,11-13,15,18-19,22-23H,5-6,9-10,14,16-17H2,1H3/t22-,23-/m1/s1. The fourth-order valence-electron chi connectivity index (χ4n) is 5.24. The molecule has 3 heterocycles. The van der Waals surface area contributed by atoms with E-state index >= 15 is 0 Å². The van der Waals surface area contributed by atoms with E-state index in [0.717, 1.165) is 40.8 Å². The normalized spacial score (nSPS) is 18.5. The first-order chi connectivity index (χ1) is 16.2. The summed E-state index contributed by atoms with van der Waals surface area (Å²) < 4.78 is 1.87. The molecule has 1 aromatic carbocycles. The highest BCUT2D eigenvalue weighted by atomic mass is 16.1. The molecule has 168 valence electrons. The maximum Gasteiger partial charge on any atom is 0.139 e. The number of fused-ring (bicyclic) bond motifs is 1. The van der Waals surface area contributed by atoms with Gasteiger partial charge in [0.15, 0.2) is 0 Å². The Kier molecular flexibility index (Phi) is 6.29. The molecule has 0 amide bonds. The number of rotatable bonds is 7. The quantitative estimate of drug-likeness (QED) is 0.373. The van der Waals surface area contributed by atoms with Gasteiger partial charge in [-0.3, -0.25) is 14.8 Å². The lowest BCUT2D eigenvalue weighted by molar-refractivity contribution is -0.120. The third-order valence-corrected chi connectivity index (χ3v) is 6.91. The van der Waals surface area contributed by atoms with Gasteiger partial charge in [-0.25, -0.2) is 4.68 Å². The van der Waals surface area contributed by atoms with Crippen LogP contribution < -0.4 is 0 Å². The highest BCUT2D eigenvalue weighted by Gasteiger charge is 2.27. The van der Waals surface area contributed by atoms with Crippen molar-refractivity contribution in [3.8, 4) is 5.69 Å². The fraction of sp³-hybridized carbons (Fsp3) is 0.357. The van der Waals surface area contributed by atoms with Gasteiger partial charge in [0, 0.05) is 35.8 Å². The summed E-state index contributed by atoms with van der Waals surface area (Å²) in [7, 11) is 0. The minimum Gasteiger partial charge on any atom is -0.299 e. The summed E-state index contributed by atoms with van der Waals surface area (Å²) in [4.78, 5) is 21.9. The number of ketones is 1. The van der Waals surface area contributed by atoms with Crippen LogP contribution in [0.2, 0.25) is 0 Å². The molecular formula is C28H30N4O. The van der Waals surface area contributed by atoms with Crippen LogP contribution in [0.1, 0.15) is 49.1 Å². The number of aryl methyl sites for hydroxylation is 1. The second-order valence-electron chi connectivity index (χ2n) is 9.36. The highest BCUT2D eigenvalue weighted by molar-refractivity contribution is 5.84. The van der Waals surface area contributed by atoms with Crippen molar-refractivity contribution in [3.05, 3.63) is 84.1 Å². The Hall–Kier alpha value is -3.34. The zero-order valence-corrected chi connectivity index (χ0v) is 19.2. The Balaban J connectivity index is 1.26. The number of benzene rings is 1. The molecule has 0 spiro atoms. The van der Waals surface area contributed by atoms with Crippen LogP contribution in [-0.4, -0.2) is 25.5 Å². The fourth-order valence-corrected chi connectivity index (χ4v) is 5.24. The van der Waals surface area contributed by atoms with Crippen LogP contribution in [0.25, 0.3) is 16.6 Å². The molecule has 5 nitrogen and oxygen atoms in total. The first-order valence-corrected chi connectivity index (χ1v) is 12.0. The maximum atomic E-state index is 13.0. The molecule has 1 aliphatic carbocycles. The smallest absolute Gasteiger partial charge is 0.139 e. The van der Waals surface area contributed by atoms with E-state index in [1.54, 1.807) is 6.20 Å². The van der Waals surface area contributed by atoms with Gasteiger partial charge >= 0.3 is 0 Å². The third-order valence-electron chi connectivity index (χ3n) is 6.91. The monoisotopic (exact) mass is 438 g/mol. The molecular weight excluding hydrogens is 408 g/mol. The molecule has 0 N–H and O–H groups in total. The number of aromatic nitrogens is 4. The van der Waals surface area contributed by atoms with Crippen molar-refractivity contribution in [2.45, 2.75) is 51.9 Å². The molecule has 0 radical (unpaired) electrons. The van der Waals surface area contributed by atoms with Crippen molar-refractivity contribution in [1.82, 2.24) is 19.7 Å². The van der Waals surface area contributed by atoms with Gasteiger partial charge in [0.1, 0.15) is 5.78 Å². The molecule has 2 atom stereocenters. The van der Waals surface area contributed by atoms with Crippen LogP contribution in [0.4, 0.5) is 0 Å². The van der Waals surface area contributed by atoms with E-state index in [-0.39, 0.29) is 0 Å². The average molecular weight is 439 g/mol. The Morgan fingerprint density at radius 1 is 1.00 bits per heavy atom. The van der Waals surface area contributed by atoms with Gasteiger partial charge < -0.3 is 0 Å². The van der Waals surface area contributed by atoms with Crippen molar-refractivity contribution in [3.63, 3.8) is 0 Å². The maximum absolute atomic E-state index is 13.0. The highest BCUT2D eigenvalue weighted by Crippen LogP contribution is 2.35. The van der Waals surface area contributed by atoms with Gasteiger partial charge in [0.25, 0.3) is 0 Å². The van der Waals surface area contributed by atoms with E-state index < -0.39 is 0 Å². The number of hydrogen-bond donors (Lipinski definition) is 0. The Bertz CT molecular complexity index is 1250. The van der Waals surface area contributed by atoms with Crippen LogP contribution >= 0.6 is 0 Å². The van der Waals surface area contributed by atoms with E-state index in [1.165, 1.54) is 24.8 Å². The van der Waals surface area contributed by atoms with Crippen molar-refractivity contribution < 1.29 is 4.79 Å². The third kappa shape index (κ3) is 5.03. The van der Waals surface area contributed by atoms with Crippen LogP contribution in [0, 0.1) is 18.8 Å². The first kappa shape index (κ1) is 21.5. The van der Waals surface area contributed by atoms with Crippen LogP contribution in [-0.2, 0) is 17.6 Å². The molecule has 0 bridgehead atoms. The van der Waals surface area contributed by atoms with Crippen LogP contribution in [0.15, 0.2) is 67.1 Å². The number of pyridine rings is 2. The van der Waals surface area contributed by atoms with E-state index in [2.05, 4.69) is 45.4 Å². The molecule has 0 aliphatic heterocycles. The molecule has 0 unspecified atom stereocenters. The summed E-state index contributed by atoms with van der Waals surface area (Å²) in [6.07, 6.45) is 12.5.